The number of aromatic nitrogens is 2. The van der Waals surface area contributed by atoms with Crippen molar-refractivity contribution in [2.24, 2.45) is 0 Å². The Morgan fingerprint density at radius 1 is 1.64 bits per heavy atom. The van der Waals surface area contributed by atoms with E-state index in [0.717, 1.165) is 4.68 Å². The molecule has 0 bridgehead atoms. The van der Waals surface area contributed by atoms with Crippen LogP contribution in [0.3, 0.4) is 0 Å². The highest BCUT2D eigenvalue weighted by atomic mass is 35.5. The van der Waals surface area contributed by atoms with Crippen LogP contribution >= 0.6 is 11.6 Å². The number of nitro groups is 1. The van der Waals surface area contributed by atoms with Gasteiger partial charge >= 0.3 is 5.69 Å². The first-order valence-electron chi connectivity index (χ1n) is 3.78. The molecule has 0 amide bonds. The molecule has 6 nitrogen and oxygen atoms in total. The van der Waals surface area contributed by atoms with Crippen molar-refractivity contribution < 1.29 is 9.72 Å². The Morgan fingerprint density at radius 3 is 2.57 bits per heavy atom. The van der Waals surface area contributed by atoms with Gasteiger partial charge in [0.25, 0.3) is 5.91 Å². The summed E-state index contributed by atoms with van der Waals surface area (Å²) in [6, 6.07) is 0. The van der Waals surface area contributed by atoms with E-state index >= 15 is 0 Å². The van der Waals surface area contributed by atoms with Gasteiger partial charge in [0.1, 0.15) is 17.3 Å². The number of alkyl halides is 1. The summed E-state index contributed by atoms with van der Waals surface area (Å²) >= 11 is 5.32. The molecule has 1 aromatic rings. The number of rotatable bonds is 2. The van der Waals surface area contributed by atoms with Crippen molar-refractivity contribution in [1.29, 1.82) is 0 Å². The Kier molecular flexibility index (Phi) is 2.85. The SMILES string of the molecule is Cc1nn(C(=O)CCl)c(C)c1[N+](=O)[O-]. The highest BCUT2D eigenvalue weighted by Crippen LogP contribution is 2.21. The summed E-state index contributed by atoms with van der Waals surface area (Å²) < 4.78 is 0.959. The van der Waals surface area contributed by atoms with Gasteiger partial charge < -0.3 is 0 Å². The van der Waals surface area contributed by atoms with E-state index in [0.29, 0.717) is 0 Å². The van der Waals surface area contributed by atoms with Gasteiger partial charge in [0.05, 0.1) is 4.92 Å². The minimum absolute atomic E-state index is 0.136. The van der Waals surface area contributed by atoms with Gasteiger partial charge in [0.15, 0.2) is 0 Å². The topological polar surface area (TPSA) is 78.0 Å². The zero-order valence-electron chi connectivity index (χ0n) is 7.65. The second-order valence-electron chi connectivity index (χ2n) is 2.72. The monoisotopic (exact) mass is 217 g/mol. The maximum absolute atomic E-state index is 11.2. The molecule has 0 aliphatic rings. The summed E-state index contributed by atoms with van der Waals surface area (Å²) in [4.78, 5) is 21.2. The van der Waals surface area contributed by atoms with Crippen LogP contribution in [0.4, 0.5) is 5.69 Å². The lowest BCUT2D eigenvalue weighted by atomic mass is 10.3. The van der Waals surface area contributed by atoms with Crippen molar-refractivity contribution in [2.75, 3.05) is 5.88 Å². The molecule has 7 heteroatoms. The molecule has 0 fully saturated rings. The van der Waals surface area contributed by atoms with Crippen molar-refractivity contribution in [1.82, 2.24) is 9.78 Å². The van der Waals surface area contributed by atoms with Gasteiger partial charge in [-0.3, -0.25) is 14.9 Å². The van der Waals surface area contributed by atoms with Crippen molar-refractivity contribution in [3.63, 3.8) is 0 Å². The number of carbonyl (C=O) groups excluding carboxylic acids is 1. The van der Waals surface area contributed by atoms with Crippen LogP contribution in [0.25, 0.3) is 0 Å². The Bertz CT molecular complexity index is 399. The van der Waals surface area contributed by atoms with Crippen LogP contribution in [0.15, 0.2) is 0 Å². The van der Waals surface area contributed by atoms with Crippen LogP contribution in [0.2, 0.25) is 0 Å². The fourth-order valence-electron chi connectivity index (χ4n) is 1.20. The summed E-state index contributed by atoms with van der Waals surface area (Å²) in [7, 11) is 0. The van der Waals surface area contributed by atoms with E-state index in [1.54, 1.807) is 0 Å². The molecule has 76 valence electrons. The summed E-state index contributed by atoms with van der Waals surface area (Å²) in [6.45, 7) is 2.94. The van der Waals surface area contributed by atoms with Crippen molar-refractivity contribution >= 4 is 23.2 Å². The maximum Gasteiger partial charge on any atom is 0.313 e. The quantitative estimate of drug-likeness (QED) is 0.425. The van der Waals surface area contributed by atoms with E-state index in [9.17, 15) is 14.9 Å². The molecule has 0 aromatic carbocycles. The molecule has 0 N–H and O–H groups in total. The van der Waals surface area contributed by atoms with E-state index in [1.165, 1.54) is 13.8 Å². The predicted molar refractivity (Wildman–Crippen MR) is 49.7 cm³/mol. The minimum atomic E-state index is -0.560. The molecule has 0 atom stereocenters. The average molecular weight is 218 g/mol. The van der Waals surface area contributed by atoms with E-state index in [4.69, 9.17) is 11.6 Å². The number of nitrogens with zero attached hydrogens (tertiary/aromatic N) is 3. The predicted octanol–water partition coefficient (Wildman–Crippen LogP) is 1.29. The number of carbonyl (C=O) groups is 1. The van der Waals surface area contributed by atoms with Crippen LogP contribution in [-0.2, 0) is 0 Å². The fraction of sp³-hybridized carbons (Fsp3) is 0.429. The largest absolute Gasteiger partial charge is 0.313 e. The first kappa shape index (κ1) is 10.6. The van der Waals surface area contributed by atoms with Gasteiger partial charge in [-0.05, 0) is 13.8 Å². The van der Waals surface area contributed by atoms with Gasteiger partial charge in [-0.25, -0.2) is 0 Å². The zero-order chi connectivity index (χ0) is 10.9. The Hall–Kier alpha value is -1.43. The van der Waals surface area contributed by atoms with Gasteiger partial charge in [-0.15, -0.1) is 11.6 Å². The minimum Gasteiger partial charge on any atom is -0.271 e. The molecule has 0 aliphatic heterocycles. The van der Waals surface area contributed by atoms with Crippen molar-refractivity contribution in [2.45, 2.75) is 13.8 Å². The molecule has 0 saturated heterocycles. The summed E-state index contributed by atoms with van der Waals surface area (Å²) in [6.07, 6.45) is 0. The van der Waals surface area contributed by atoms with Crippen LogP contribution < -0.4 is 0 Å². The Labute approximate surface area is 84.6 Å². The molecule has 0 spiro atoms. The first-order chi connectivity index (χ1) is 6.49. The third-order valence-electron chi connectivity index (χ3n) is 1.79. The summed E-state index contributed by atoms with van der Waals surface area (Å²) in [5, 5.41) is 14.3. The first-order valence-corrected chi connectivity index (χ1v) is 4.32. The Balaban J connectivity index is 3.30. The summed E-state index contributed by atoms with van der Waals surface area (Å²) in [5.74, 6) is -0.723. The molecule has 14 heavy (non-hydrogen) atoms. The van der Waals surface area contributed by atoms with E-state index in [2.05, 4.69) is 5.10 Å². The van der Waals surface area contributed by atoms with Crippen LogP contribution in [0.5, 0.6) is 0 Å². The normalized spacial score (nSPS) is 10.2. The second kappa shape index (κ2) is 3.75. The molecular formula is C7H8ClN3O3. The molecule has 1 aromatic heterocycles. The number of hydrogen-bond donors (Lipinski definition) is 0. The molecule has 1 rings (SSSR count). The molecule has 0 radical (unpaired) electrons. The smallest absolute Gasteiger partial charge is 0.271 e. The number of halogens is 1. The fourth-order valence-corrected chi connectivity index (χ4v) is 1.31. The average Bonchev–Trinajstić information content (AvgIpc) is 2.40. The van der Waals surface area contributed by atoms with Crippen molar-refractivity contribution in [3.05, 3.63) is 21.5 Å². The van der Waals surface area contributed by atoms with Gasteiger partial charge in [-0.2, -0.15) is 9.78 Å². The van der Waals surface area contributed by atoms with Gasteiger partial charge in [0.2, 0.25) is 0 Å². The van der Waals surface area contributed by atoms with Gasteiger partial charge in [-0.1, -0.05) is 0 Å². The number of aryl methyl sites for hydroxylation is 1. The van der Waals surface area contributed by atoms with E-state index < -0.39 is 10.8 Å². The lowest BCUT2D eigenvalue weighted by Crippen LogP contribution is -2.15. The molecular weight excluding hydrogens is 210 g/mol. The summed E-state index contributed by atoms with van der Waals surface area (Å²) in [5.41, 5.74) is 0.285. The second-order valence-corrected chi connectivity index (χ2v) is 2.98. The van der Waals surface area contributed by atoms with E-state index in [-0.39, 0.29) is 23.0 Å². The number of hydrogen-bond acceptors (Lipinski definition) is 4. The standard InChI is InChI=1S/C7H8ClN3O3/c1-4-7(11(13)14)5(2)10(9-4)6(12)3-8/h3H2,1-2H3. The zero-order valence-corrected chi connectivity index (χ0v) is 8.41. The highest BCUT2D eigenvalue weighted by molar-refractivity contribution is 6.27. The molecule has 1 heterocycles. The third-order valence-corrected chi connectivity index (χ3v) is 2.01. The maximum atomic E-state index is 11.2. The lowest BCUT2D eigenvalue weighted by Gasteiger charge is -1.96. The molecule has 0 unspecified atom stereocenters. The van der Waals surface area contributed by atoms with Crippen LogP contribution in [0, 0.1) is 24.0 Å². The lowest BCUT2D eigenvalue weighted by molar-refractivity contribution is -0.386. The molecule has 0 aliphatic carbocycles. The Morgan fingerprint density at radius 2 is 2.21 bits per heavy atom. The van der Waals surface area contributed by atoms with Gasteiger partial charge in [0, 0.05) is 0 Å². The molecule has 0 saturated carbocycles. The van der Waals surface area contributed by atoms with Crippen LogP contribution in [-0.4, -0.2) is 26.5 Å². The van der Waals surface area contributed by atoms with Crippen LogP contribution in [0.1, 0.15) is 16.2 Å². The van der Waals surface area contributed by atoms with Crippen molar-refractivity contribution in [3.8, 4) is 0 Å². The highest BCUT2D eigenvalue weighted by Gasteiger charge is 2.24. The third kappa shape index (κ3) is 1.60. The van der Waals surface area contributed by atoms with E-state index in [1.807, 2.05) is 0 Å².